The minimum absolute atomic E-state index is 0.0485. The second-order valence-corrected chi connectivity index (χ2v) is 7.81. The molecule has 0 aliphatic carbocycles. The molecule has 1 aromatic rings. The van der Waals surface area contributed by atoms with Crippen LogP contribution in [0.25, 0.3) is 0 Å². The van der Waals surface area contributed by atoms with Gasteiger partial charge in [0.15, 0.2) is 5.79 Å². The van der Waals surface area contributed by atoms with Gasteiger partial charge in [-0.05, 0) is 13.8 Å². The van der Waals surface area contributed by atoms with Crippen molar-refractivity contribution < 1.29 is 19.5 Å². The van der Waals surface area contributed by atoms with E-state index >= 15 is 0 Å². The van der Waals surface area contributed by atoms with Gasteiger partial charge in [-0.1, -0.05) is 11.6 Å². The van der Waals surface area contributed by atoms with Gasteiger partial charge in [-0.2, -0.15) is 11.8 Å². The number of nitrogens with one attached hydrogen (secondary N) is 1. The van der Waals surface area contributed by atoms with Crippen molar-refractivity contribution in [3.8, 4) is 0 Å². The molecule has 132 valence electrons. The number of nitro groups is 1. The van der Waals surface area contributed by atoms with Crippen LogP contribution >= 0.6 is 23.4 Å². The number of hydrogen-bond donors (Lipinski definition) is 2. The zero-order valence-corrected chi connectivity index (χ0v) is 14.7. The van der Waals surface area contributed by atoms with E-state index in [0.29, 0.717) is 0 Å². The van der Waals surface area contributed by atoms with E-state index in [4.69, 9.17) is 21.1 Å². The highest BCUT2D eigenvalue weighted by molar-refractivity contribution is 8.00. The van der Waals surface area contributed by atoms with Gasteiger partial charge < -0.3 is 19.9 Å². The first kappa shape index (κ1) is 17.7. The van der Waals surface area contributed by atoms with Crippen molar-refractivity contribution in [1.82, 2.24) is 4.98 Å². The Morgan fingerprint density at radius 1 is 1.62 bits per heavy atom. The Morgan fingerprint density at radius 3 is 3.08 bits per heavy atom. The monoisotopic (exact) mass is 375 g/mol. The summed E-state index contributed by atoms with van der Waals surface area (Å²) in [4.78, 5) is 14.4. The molecule has 0 bridgehead atoms. The van der Waals surface area contributed by atoms with Gasteiger partial charge in [-0.3, -0.25) is 10.1 Å². The Kier molecular flexibility index (Phi) is 4.89. The summed E-state index contributed by atoms with van der Waals surface area (Å²) in [7, 11) is 0. The molecule has 2 aliphatic heterocycles. The zero-order valence-electron chi connectivity index (χ0n) is 13.1. The first-order valence-electron chi connectivity index (χ1n) is 7.46. The van der Waals surface area contributed by atoms with Gasteiger partial charge in [-0.25, -0.2) is 4.98 Å². The number of nitrogens with zero attached hydrogens (tertiary/aromatic N) is 2. The van der Waals surface area contributed by atoms with E-state index in [1.165, 1.54) is 12.3 Å². The van der Waals surface area contributed by atoms with E-state index in [1.807, 2.05) is 13.8 Å². The molecular weight excluding hydrogens is 358 g/mol. The minimum atomic E-state index is -0.764. The average molecular weight is 376 g/mol. The summed E-state index contributed by atoms with van der Waals surface area (Å²) in [5.41, 5.74) is -0.228. The SMILES string of the molecule is CC1(C)O[C@H]2[C@H]([C@@H](O)CNc3ncc(Cl)cc3[N+](=O)[O-])SC[C@H]2O1. The number of aliphatic hydroxyl groups excluding tert-OH is 1. The van der Waals surface area contributed by atoms with Crippen LogP contribution in [-0.2, 0) is 9.47 Å². The molecule has 0 unspecified atom stereocenters. The second-order valence-electron chi connectivity index (χ2n) is 6.16. The molecular formula is C14H18ClN3O5S. The third kappa shape index (κ3) is 3.60. The molecule has 2 aliphatic rings. The summed E-state index contributed by atoms with van der Waals surface area (Å²) >= 11 is 7.31. The number of thioether (sulfide) groups is 1. The molecule has 0 aromatic carbocycles. The summed E-state index contributed by atoms with van der Waals surface area (Å²) in [5.74, 6) is 0.167. The Hall–Kier alpha value is -1.13. The Bertz CT molecular complexity index is 647. The topological polar surface area (TPSA) is 107 Å². The molecule has 3 rings (SSSR count). The van der Waals surface area contributed by atoms with E-state index in [2.05, 4.69) is 10.3 Å². The van der Waals surface area contributed by atoms with E-state index < -0.39 is 16.8 Å². The predicted octanol–water partition coefficient (Wildman–Crippen LogP) is 2.05. The van der Waals surface area contributed by atoms with Crippen molar-refractivity contribution in [2.24, 2.45) is 0 Å². The van der Waals surface area contributed by atoms with Crippen LogP contribution < -0.4 is 5.32 Å². The van der Waals surface area contributed by atoms with Gasteiger partial charge in [0.2, 0.25) is 5.82 Å². The highest BCUT2D eigenvalue weighted by atomic mass is 35.5. The maximum Gasteiger partial charge on any atom is 0.312 e. The number of halogens is 1. The summed E-state index contributed by atoms with van der Waals surface area (Å²) in [5, 5.41) is 24.4. The Balaban J connectivity index is 1.64. The van der Waals surface area contributed by atoms with Crippen LogP contribution in [0.3, 0.4) is 0 Å². The number of ether oxygens (including phenoxy) is 2. The van der Waals surface area contributed by atoms with Crippen molar-refractivity contribution in [3.05, 3.63) is 27.4 Å². The third-order valence-electron chi connectivity index (χ3n) is 3.89. The average Bonchev–Trinajstić information content (AvgIpc) is 3.00. The maximum atomic E-state index is 11.1. The second kappa shape index (κ2) is 6.64. The molecule has 0 spiro atoms. The number of hydrogen-bond acceptors (Lipinski definition) is 8. The van der Waals surface area contributed by atoms with E-state index in [1.54, 1.807) is 11.8 Å². The Morgan fingerprint density at radius 2 is 2.38 bits per heavy atom. The van der Waals surface area contributed by atoms with Crippen molar-refractivity contribution in [3.63, 3.8) is 0 Å². The maximum absolute atomic E-state index is 11.1. The summed E-state index contributed by atoms with van der Waals surface area (Å²) in [6, 6.07) is 1.22. The van der Waals surface area contributed by atoms with Crippen LogP contribution in [-0.4, -0.2) is 56.7 Å². The lowest BCUT2D eigenvalue weighted by molar-refractivity contribution is -0.384. The van der Waals surface area contributed by atoms with E-state index in [9.17, 15) is 15.2 Å². The van der Waals surface area contributed by atoms with Crippen LogP contribution in [0.5, 0.6) is 0 Å². The number of anilines is 1. The van der Waals surface area contributed by atoms with Crippen LogP contribution in [0.1, 0.15) is 13.8 Å². The molecule has 3 heterocycles. The summed E-state index contributed by atoms with van der Waals surface area (Å²) < 4.78 is 11.7. The van der Waals surface area contributed by atoms with E-state index in [0.717, 1.165) is 5.75 Å². The lowest BCUT2D eigenvalue weighted by Gasteiger charge is -2.25. The summed E-state index contributed by atoms with van der Waals surface area (Å²) in [6.07, 6.45) is 0.308. The number of pyridine rings is 1. The molecule has 24 heavy (non-hydrogen) atoms. The number of rotatable bonds is 5. The number of fused-ring (bicyclic) bond motifs is 1. The molecule has 0 radical (unpaired) electrons. The molecule has 1 aromatic heterocycles. The molecule has 2 N–H and O–H groups in total. The predicted molar refractivity (Wildman–Crippen MR) is 90.5 cm³/mol. The highest BCUT2D eigenvalue weighted by Gasteiger charge is 2.51. The molecule has 0 saturated carbocycles. The molecule has 0 amide bonds. The van der Waals surface area contributed by atoms with Crippen LogP contribution in [0, 0.1) is 10.1 Å². The first-order chi connectivity index (χ1) is 11.3. The third-order valence-corrected chi connectivity index (χ3v) is 5.58. The lowest BCUT2D eigenvalue weighted by Crippen LogP contribution is -2.40. The molecule has 10 heteroatoms. The summed E-state index contributed by atoms with van der Waals surface area (Å²) in [6.45, 7) is 3.80. The van der Waals surface area contributed by atoms with E-state index in [-0.39, 0.29) is 40.5 Å². The van der Waals surface area contributed by atoms with Gasteiger partial charge in [0, 0.05) is 24.6 Å². The van der Waals surface area contributed by atoms with Crippen molar-refractivity contribution in [1.29, 1.82) is 0 Å². The van der Waals surface area contributed by atoms with Crippen LogP contribution in [0.2, 0.25) is 5.02 Å². The van der Waals surface area contributed by atoms with Gasteiger partial charge in [0.1, 0.15) is 6.10 Å². The fourth-order valence-corrected chi connectivity index (χ4v) is 4.48. The molecule has 8 nitrogen and oxygen atoms in total. The van der Waals surface area contributed by atoms with Gasteiger partial charge in [0.25, 0.3) is 0 Å². The van der Waals surface area contributed by atoms with Gasteiger partial charge in [-0.15, -0.1) is 0 Å². The van der Waals surface area contributed by atoms with Crippen LogP contribution in [0.4, 0.5) is 11.5 Å². The minimum Gasteiger partial charge on any atom is -0.390 e. The smallest absolute Gasteiger partial charge is 0.312 e. The zero-order chi connectivity index (χ0) is 17.5. The van der Waals surface area contributed by atoms with Crippen molar-refractivity contribution >= 4 is 34.9 Å². The quantitative estimate of drug-likeness (QED) is 0.594. The normalized spacial score (nSPS) is 29.2. The van der Waals surface area contributed by atoms with Crippen molar-refractivity contribution in [2.45, 2.75) is 43.2 Å². The first-order valence-corrected chi connectivity index (χ1v) is 8.88. The van der Waals surface area contributed by atoms with Gasteiger partial charge in [0.05, 0.1) is 27.4 Å². The number of aliphatic hydroxyl groups is 1. The largest absolute Gasteiger partial charge is 0.390 e. The van der Waals surface area contributed by atoms with Crippen molar-refractivity contribution in [2.75, 3.05) is 17.6 Å². The molecule has 2 fully saturated rings. The highest BCUT2D eigenvalue weighted by Crippen LogP contribution is 2.42. The number of aromatic nitrogens is 1. The molecule has 4 atom stereocenters. The molecule has 2 saturated heterocycles. The van der Waals surface area contributed by atoms with Crippen LogP contribution in [0.15, 0.2) is 12.3 Å². The fraction of sp³-hybridized carbons (Fsp3) is 0.643. The lowest BCUT2D eigenvalue weighted by atomic mass is 10.1. The fourth-order valence-electron chi connectivity index (χ4n) is 2.92. The standard InChI is InChI=1S/C14H18ClN3O5S/c1-14(2)22-10-6-24-12(11(10)23-14)9(19)5-17-13-8(18(20)21)3-7(15)4-16-13/h3-4,9-12,19H,5-6H2,1-2H3,(H,16,17)/t9-,10+,11+,12-/m0/s1. The van der Waals surface area contributed by atoms with Gasteiger partial charge >= 0.3 is 5.69 Å². The Labute approximate surface area is 148 Å².